The van der Waals surface area contributed by atoms with Gasteiger partial charge in [-0.1, -0.05) is 38.1 Å². The highest BCUT2D eigenvalue weighted by Gasteiger charge is 2.48. The number of alkyl halides is 3. The van der Waals surface area contributed by atoms with Gasteiger partial charge < -0.3 is 14.5 Å². The normalized spacial score (nSPS) is 17.4. The molecule has 0 aromatic heterocycles. The van der Waals surface area contributed by atoms with E-state index in [1.54, 1.807) is 4.90 Å². The van der Waals surface area contributed by atoms with Crippen LogP contribution in [0.25, 0.3) is 0 Å². The summed E-state index contributed by atoms with van der Waals surface area (Å²) in [6.07, 6.45) is -0.275. The van der Waals surface area contributed by atoms with Gasteiger partial charge in [0.25, 0.3) is 9.84 Å². The summed E-state index contributed by atoms with van der Waals surface area (Å²) >= 11 is 1.39. The second kappa shape index (κ2) is 14.5. The van der Waals surface area contributed by atoms with Gasteiger partial charge in [0, 0.05) is 30.2 Å². The van der Waals surface area contributed by atoms with Crippen molar-refractivity contribution < 1.29 is 39.5 Å². The second-order valence-electron chi connectivity index (χ2n) is 9.96. The van der Waals surface area contributed by atoms with Crippen LogP contribution in [0.3, 0.4) is 0 Å². The third kappa shape index (κ3) is 8.92. The number of hydrogen-bond donors (Lipinski definition) is 1. The Bertz CT molecular complexity index is 1420. The van der Waals surface area contributed by atoms with Crippen LogP contribution in [0, 0.1) is 5.92 Å². The molecule has 1 fully saturated rings. The molecule has 1 aliphatic rings. The van der Waals surface area contributed by atoms with Crippen molar-refractivity contribution in [1.29, 1.82) is 0 Å². The predicted molar refractivity (Wildman–Crippen MR) is 154 cm³/mol. The van der Waals surface area contributed by atoms with Gasteiger partial charge in [-0.05, 0) is 55.3 Å². The molecule has 2 N–H and O–H groups in total. The van der Waals surface area contributed by atoms with E-state index >= 15 is 0 Å². The first kappa shape index (κ1) is 34.3. The molecule has 0 bridgehead atoms. The minimum absolute atomic E-state index is 0.0585. The average Bonchev–Trinajstić information content (AvgIpc) is 2.94. The van der Waals surface area contributed by atoms with Crippen LogP contribution < -0.4 is 5.14 Å². The van der Waals surface area contributed by atoms with Crippen molar-refractivity contribution in [3.63, 3.8) is 0 Å². The zero-order chi connectivity index (χ0) is 31.1. The van der Waals surface area contributed by atoms with Crippen molar-refractivity contribution in [2.45, 2.75) is 52.9 Å². The van der Waals surface area contributed by atoms with Crippen molar-refractivity contribution in [2.75, 3.05) is 45.1 Å². The number of halogens is 3. The lowest BCUT2D eigenvalue weighted by atomic mass is 9.96. The highest BCUT2D eigenvalue weighted by atomic mass is 32.2. The number of morpholine rings is 1. The van der Waals surface area contributed by atoms with Crippen LogP contribution in [0.4, 0.5) is 13.2 Å². The van der Waals surface area contributed by atoms with E-state index in [2.05, 4.69) is 4.90 Å². The Kier molecular flexibility index (Phi) is 11.9. The molecule has 15 heteroatoms. The van der Waals surface area contributed by atoms with Gasteiger partial charge in [0.2, 0.25) is 15.9 Å². The maximum atomic E-state index is 13.7. The Hall–Kier alpha value is -2.17. The molecular formula is C27H36F3N3O6S3. The van der Waals surface area contributed by atoms with Gasteiger partial charge >= 0.3 is 5.51 Å². The predicted octanol–water partition coefficient (Wildman–Crippen LogP) is 3.54. The van der Waals surface area contributed by atoms with Crippen LogP contribution in [0.2, 0.25) is 0 Å². The third-order valence-electron chi connectivity index (χ3n) is 7.07. The van der Waals surface area contributed by atoms with E-state index in [1.165, 1.54) is 11.8 Å². The summed E-state index contributed by atoms with van der Waals surface area (Å²) in [6.45, 7) is 7.29. The Balaban J connectivity index is 1.96. The monoisotopic (exact) mass is 651 g/mol. The van der Waals surface area contributed by atoms with Gasteiger partial charge in [-0.25, -0.2) is 22.0 Å². The Labute approximate surface area is 249 Å². The quantitative estimate of drug-likeness (QED) is 0.326. The van der Waals surface area contributed by atoms with E-state index in [9.17, 15) is 34.8 Å². The first-order valence-electron chi connectivity index (χ1n) is 13.4. The lowest BCUT2D eigenvalue weighted by Gasteiger charge is -2.39. The number of primary sulfonamides is 1. The van der Waals surface area contributed by atoms with Crippen molar-refractivity contribution in [3.05, 3.63) is 54.1 Å². The number of sulfonamides is 1. The molecule has 42 heavy (non-hydrogen) atoms. The van der Waals surface area contributed by atoms with Crippen molar-refractivity contribution in [2.24, 2.45) is 11.1 Å². The zero-order valence-electron chi connectivity index (χ0n) is 23.4. The Morgan fingerprint density at radius 3 is 2.38 bits per heavy atom. The molecule has 1 aliphatic heterocycles. The van der Waals surface area contributed by atoms with Gasteiger partial charge in [0.1, 0.15) is 0 Å². The van der Waals surface area contributed by atoms with Gasteiger partial charge in [-0.3, -0.25) is 4.79 Å². The number of ether oxygens (including phenoxy) is 1. The molecule has 1 saturated heterocycles. The van der Waals surface area contributed by atoms with E-state index in [-0.39, 0.29) is 30.4 Å². The smallest absolute Gasteiger partial charge is 0.377 e. The zero-order valence-corrected chi connectivity index (χ0v) is 25.9. The average molecular weight is 652 g/mol. The minimum atomic E-state index is -5.92. The molecule has 1 amide bonds. The molecule has 2 aromatic rings. The molecular weight excluding hydrogens is 616 g/mol. The molecule has 1 heterocycles. The van der Waals surface area contributed by atoms with E-state index in [4.69, 9.17) is 9.88 Å². The lowest BCUT2D eigenvalue weighted by molar-refractivity contribution is -0.141. The number of carbonyl (C=O) groups excluding carboxylic acids is 1. The van der Waals surface area contributed by atoms with Gasteiger partial charge in [-0.15, -0.1) is 11.8 Å². The van der Waals surface area contributed by atoms with Crippen LogP contribution in [-0.4, -0.2) is 89.2 Å². The molecule has 2 atom stereocenters. The van der Waals surface area contributed by atoms with E-state index in [0.717, 1.165) is 30.1 Å². The fourth-order valence-electron chi connectivity index (χ4n) is 4.77. The summed E-state index contributed by atoms with van der Waals surface area (Å²) in [5, 5.41) is 5.09. The molecule has 9 nitrogen and oxygen atoms in total. The number of thioether (sulfide) groups is 1. The molecule has 0 radical (unpaired) electrons. The molecule has 0 spiro atoms. The van der Waals surface area contributed by atoms with E-state index in [0.29, 0.717) is 38.1 Å². The second-order valence-corrected chi connectivity index (χ2v) is 14.5. The summed E-state index contributed by atoms with van der Waals surface area (Å²) < 4.78 is 95.3. The molecule has 2 aromatic carbocycles. The summed E-state index contributed by atoms with van der Waals surface area (Å²) in [6, 6.07) is 11.4. The largest absolute Gasteiger partial charge is 0.501 e. The fraction of sp³-hybridized carbons (Fsp3) is 0.519. The van der Waals surface area contributed by atoms with Gasteiger partial charge in [0.15, 0.2) is 0 Å². The number of sulfone groups is 1. The standard InChI is InChI=1S/C27H36F3N3O6S3/c1-3-32(4-2)17-22-18-39-13-12-33(22)26(34)15-20(19-40-23-8-6-5-7-9-23)14-21-10-11-24(42(31,37)38)16-25(21)41(35,36)27(28,29)30/h5-11,16,20,22H,3-4,12-15,17-19H2,1-2H3,(H2,31,37,38)/t20-,22-/m1/s1. The summed E-state index contributed by atoms with van der Waals surface area (Å²) in [5.41, 5.74) is -5.92. The van der Waals surface area contributed by atoms with Crippen LogP contribution in [0.15, 0.2) is 63.2 Å². The number of nitrogens with two attached hydrogens (primary N) is 1. The number of benzene rings is 2. The Morgan fingerprint density at radius 2 is 1.79 bits per heavy atom. The van der Waals surface area contributed by atoms with Crippen LogP contribution in [-0.2, 0) is 35.8 Å². The maximum absolute atomic E-state index is 13.7. The SMILES string of the molecule is CCN(CC)C[C@@H]1COCCN1C(=O)C[C@H](CSc1ccccc1)Cc1ccc(S(N)(=O)=O)cc1S(=O)(=O)C(F)(F)F. The number of likely N-dealkylation sites (N-methyl/N-ethyl adjacent to an activating group) is 1. The minimum Gasteiger partial charge on any atom is -0.377 e. The van der Waals surface area contributed by atoms with Crippen molar-refractivity contribution in [3.8, 4) is 0 Å². The first-order chi connectivity index (χ1) is 19.7. The summed E-state index contributed by atoms with van der Waals surface area (Å²) in [5.74, 6) is -0.499. The molecule has 0 unspecified atom stereocenters. The van der Waals surface area contributed by atoms with Crippen molar-refractivity contribution >= 4 is 37.5 Å². The third-order valence-corrected chi connectivity index (χ3v) is 10.8. The molecule has 3 rings (SSSR count). The summed E-state index contributed by atoms with van der Waals surface area (Å²) in [4.78, 5) is 16.5. The van der Waals surface area contributed by atoms with Crippen LogP contribution in [0.1, 0.15) is 25.8 Å². The van der Waals surface area contributed by atoms with E-state index < -0.39 is 41.1 Å². The Morgan fingerprint density at radius 1 is 1.12 bits per heavy atom. The highest BCUT2D eigenvalue weighted by molar-refractivity contribution is 7.99. The summed E-state index contributed by atoms with van der Waals surface area (Å²) in [7, 11) is -10.4. The number of amides is 1. The number of carbonyl (C=O) groups is 1. The van der Waals surface area contributed by atoms with Crippen molar-refractivity contribution in [1.82, 2.24) is 9.80 Å². The first-order valence-corrected chi connectivity index (χ1v) is 17.4. The van der Waals surface area contributed by atoms with Gasteiger partial charge in [0.05, 0.1) is 29.0 Å². The van der Waals surface area contributed by atoms with Crippen LogP contribution >= 0.6 is 11.8 Å². The molecule has 234 valence electrons. The fourth-order valence-corrected chi connectivity index (χ4v) is 7.42. The number of rotatable bonds is 13. The lowest BCUT2D eigenvalue weighted by Crippen LogP contribution is -2.54. The topological polar surface area (TPSA) is 127 Å². The number of nitrogens with zero attached hydrogens (tertiary/aromatic N) is 2. The number of hydrogen-bond acceptors (Lipinski definition) is 8. The van der Waals surface area contributed by atoms with Gasteiger partial charge in [-0.2, -0.15) is 13.2 Å². The maximum Gasteiger partial charge on any atom is 0.501 e. The van der Waals surface area contributed by atoms with E-state index in [1.807, 2.05) is 44.2 Å². The van der Waals surface area contributed by atoms with Crippen LogP contribution in [0.5, 0.6) is 0 Å². The molecule has 0 aliphatic carbocycles. The molecule has 0 saturated carbocycles. The highest BCUT2D eigenvalue weighted by Crippen LogP contribution is 2.35.